The summed E-state index contributed by atoms with van der Waals surface area (Å²) < 4.78 is 0.946. The fraction of sp³-hybridized carbons (Fsp3) is 0.333. The standard InChI is InChI=1S/C24H28N2O6S2/c1-15(2)19(21(28)29)25-22(30)24(16(3)4,23(31)32)26(20(27)17-11-7-5-8-12-17)34-33-18-13-9-6-10-14-18/h5-16,19H,1-4H3,(H,25,30)(H,28,29)(H,31,32). The average Bonchev–Trinajstić information content (AvgIpc) is 2.79. The lowest BCUT2D eigenvalue weighted by atomic mass is 9.84. The van der Waals surface area contributed by atoms with E-state index in [4.69, 9.17) is 0 Å². The molecule has 10 heteroatoms. The van der Waals surface area contributed by atoms with Crippen LogP contribution in [0.4, 0.5) is 0 Å². The number of amides is 2. The highest BCUT2D eigenvalue weighted by Crippen LogP contribution is 2.42. The van der Waals surface area contributed by atoms with Crippen LogP contribution in [0.2, 0.25) is 0 Å². The summed E-state index contributed by atoms with van der Waals surface area (Å²) >= 11 is 0. The summed E-state index contributed by atoms with van der Waals surface area (Å²) in [6.45, 7) is 6.23. The van der Waals surface area contributed by atoms with Gasteiger partial charge in [-0.1, -0.05) is 64.1 Å². The van der Waals surface area contributed by atoms with Crippen molar-refractivity contribution in [1.82, 2.24) is 9.62 Å². The zero-order chi connectivity index (χ0) is 25.5. The van der Waals surface area contributed by atoms with Crippen LogP contribution in [0.3, 0.4) is 0 Å². The van der Waals surface area contributed by atoms with Gasteiger partial charge in [0.2, 0.25) is 5.54 Å². The third-order valence-corrected chi connectivity index (χ3v) is 7.59. The first-order valence-corrected chi connectivity index (χ1v) is 12.7. The number of hydrogen-bond donors (Lipinski definition) is 3. The maximum absolute atomic E-state index is 13.6. The molecule has 2 unspecified atom stereocenters. The van der Waals surface area contributed by atoms with E-state index >= 15 is 0 Å². The minimum atomic E-state index is -2.39. The Kier molecular flexibility index (Phi) is 9.57. The first-order chi connectivity index (χ1) is 16.0. The molecule has 0 aliphatic heterocycles. The zero-order valence-corrected chi connectivity index (χ0v) is 20.9. The predicted molar refractivity (Wildman–Crippen MR) is 132 cm³/mol. The molecular formula is C24H28N2O6S2. The summed E-state index contributed by atoms with van der Waals surface area (Å²) in [7, 11) is 1.95. The van der Waals surface area contributed by atoms with E-state index in [1.54, 1.807) is 56.3 Å². The number of carbonyl (C=O) groups excluding carboxylic acids is 2. The molecule has 3 N–H and O–H groups in total. The molecule has 2 aromatic rings. The highest BCUT2D eigenvalue weighted by Gasteiger charge is 2.57. The van der Waals surface area contributed by atoms with Crippen LogP contribution in [0.15, 0.2) is 65.6 Å². The number of nitrogens with zero attached hydrogens (tertiary/aromatic N) is 1. The summed E-state index contributed by atoms with van der Waals surface area (Å²) in [4.78, 5) is 52.5. The second kappa shape index (κ2) is 11.9. The molecule has 0 spiro atoms. The molecule has 0 saturated carbocycles. The maximum atomic E-state index is 13.6. The molecule has 0 aromatic heterocycles. The Morgan fingerprint density at radius 3 is 1.85 bits per heavy atom. The van der Waals surface area contributed by atoms with Gasteiger partial charge in [-0.2, -0.15) is 0 Å². The molecule has 0 fully saturated rings. The number of carboxylic acids is 2. The minimum absolute atomic E-state index is 0.196. The normalized spacial score (nSPS) is 13.7. The monoisotopic (exact) mass is 504 g/mol. The predicted octanol–water partition coefficient (Wildman–Crippen LogP) is 4.19. The van der Waals surface area contributed by atoms with Gasteiger partial charge in [0.15, 0.2) is 0 Å². The Hall–Kier alpha value is -2.98. The van der Waals surface area contributed by atoms with Crippen LogP contribution in [0.1, 0.15) is 38.1 Å². The van der Waals surface area contributed by atoms with Crippen molar-refractivity contribution < 1.29 is 29.4 Å². The lowest BCUT2D eigenvalue weighted by Gasteiger charge is -2.41. The number of carboxylic acid groups (broad SMARTS) is 2. The lowest BCUT2D eigenvalue weighted by molar-refractivity contribution is -0.158. The lowest BCUT2D eigenvalue weighted by Crippen LogP contribution is -2.67. The Balaban J connectivity index is 2.61. The van der Waals surface area contributed by atoms with Crippen molar-refractivity contribution in [2.75, 3.05) is 0 Å². The first kappa shape index (κ1) is 27.3. The van der Waals surface area contributed by atoms with Gasteiger partial charge in [0.25, 0.3) is 11.8 Å². The molecule has 2 rings (SSSR count). The fourth-order valence-corrected chi connectivity index (χ4v) is 5.75. The van der Waals surface area contributed by atoms with Gasteiger partial charge in [-0.25, -0.2) is 13.9 Å². The van der Waals surface area contributed by atoms with E-state index in [1.807, 2.05) is 6.07 Å². The van der Waals surface area contributed by atoms with E-state index in [9.17, 15) is 29.4 Å². The molecule has 2 amide bonds. The van der Waals surface area contributed by atoms with Crippen molar-refractivity contribution >= 4 is 45.5 Å². The van der Waals surface area contributed by atoms with Gasteiger partial charge in [-0.05, 0) is 46.9 Å². The molecule has 2 atom stereocenters. The van der Waals surface area contributed by atoms with Crippen LogP contribution in [-0.4, -0.2) is 49.9 Å². The van der Waals surface area contributed by atoms with Crippen molar-refractivity contribution in [3.63, 3.8) is 0 Å². The van der Waals surface area contributed by atoms with Gasteiger partial charge in [-0.3, -0.25) is 9.59 Å². The Morgan fingerprint density at radius 1 is 0.882 bits per heavy atom. The van der Waals surface area contributed by atoms with Crippen LogP contribution in [-0.2, 0) is 14.4 Å². The van der Waals surface area contributed by atoms with Crippen molar-refractivity contribution in [2.45, 2.75) is 44.2 Å². The van der Waals surface area contributed by atoms with Gasteiger partial charge in [0.05, 0.1) is 0 Å². The van der Waals surface area contributed by atoms with Crippen molar-refractivity contribution in [1.29, 1.82) is 0 Å². The number of rotatable bonds is 11. The van der Waals surface area contributed by atoms with Crippen LogP contribution in [0, 0.1) is 11.8 Å². The first-order valence-electron chi connectivity index (χ1n) is 10.6. The molecule has 182 valence electrons. The van der Waals surface area contributed by atoms with E-state index in [0.717, 1.165) is 31.0 Å². The molecule has 0 aliphatic carbocycles. The summed E-state index contributed by atoms with van der Waals surface area (Å²) in [6.07, 6.45) is 0. The third kappa shape index (κ3) is 5.92. The van der Waals surface area contributed by atoms with E-state index in [2.05, 4.69) is 5.32 Å². The molecular weight excluding hydrogens is 476 g/mol. The fourth-order valence-electron chi connectivity index (χ4n) is 3.29. The Bertz CT molecular complexity index is 1020. The minimum Gasteiger partial charge on any atom is -0.480 e. The summed E-state index contributed by atoms with van der Waals surface area (Å²) in [6, 6.07) is 15.7. The van der Waals surface area contributed by atoms with E-state index in [-0.39, 0.29) is 5.56 Å². The second-order valence-corrected chi connectivity index (χ2v) is 10.3. The number of aliphatic carboxylic acids is 2. The summed E-state index contributed by atoms with van der Waals surface area (Å²) in [5.74, 6) is -6.01. The van der Waals surface area contributed by atoms with Crippen LogP contribution < -0.4 is 5.32 Å². The van der Waals surface area contributed by atoms with Gasteiger partial charge < -0.3 is 15.5 Å². The smallest absolute Gasteiger partial charge is 0.340 e. The second-order valence-electron chi connectivity index (χ2n) is 8.20. The van der Waals surface area contributed by atoms with Crippen LogP contribution in [0.25, 0.3) is 0 Å². The molecule has 0 radical (unpaired) electrons. The van der Waals surface area contributed by atoms with E-state index < -0.39 is 47.2 Å². The van der Waals surface area contributed by atoms with Crippen molar-refractivity contribution in [3.05, 3.63) is 66.2 Å². The van der Waals surface area contributed by atoms with E-state index in [0.29, 0.717) is 0 Å². The molecule has 0 bridgehead atoms. The Morgan fingerprint density at radius 2 is 1.41 bits per heavy atom. The largest absolute Gasteiger partial charge is 0.480 e. The van der Waals surface area contributed by atoms with Gasteiger partial charge in [-0.15, -0.1) is 0 Å². The van der Waals surface area contributed by atoms with Gasteiger partial charge >= 0.3 is 11.9 Å². The van der Waals surface area contributed by atoms with E-state index in [1.165, 1.54) is 26.0 Å². The van der Waals surface area contributed by atoms with Crippen LogP contribution in [0.5, 0.6) is 0 Å². The number of nitrogens with one attached hydrogen (secondary N) is 1. The highest BCUT2D eigenvalue weighted by atomic mass is 33.1. The molecule has 2 aromatic carbocycles. The quantitative estimate of drug-likeness (QED) is 0.236. The average molecular weight is 505 g/mol. The third-order valence-electron chi connectivity index (χ3n) is 5.20. The van der Waals surface area contributed by atoms with Gasteiger partial charge in [0.1, 0.15) is 6.04 Å². The SMILES string of the molecule is CC(C)C(NC(=O)C(C(=O)O)(C(C)C)N(SSc1ccccc1)C(=O)c1ccccc1)C(=O)O. The topological polar surface area (TPSA) is 124 Å². The summed E-state index contributed by atoms with van der Waals surface area (Å²) in [5, 5.41) is 22.3. The highest BCUT2D eigenvalue weighted by molar-refractivity contribution is 8.76. The molecule has 0 aliphatic rings. The van der Waals surface area contributed by atoms with Crippen molar-refractivity contribution in [2.24, 2.45) is 11.8 Å². The molecule has 0 saturated heterocycles. The number of hydrogen-bond acceptors (Lipinski definition) is 6. The molecule has 8 nitrogen and oxygen atoms in total. The summed E-state index contributed by atoms with van der Waals surface area (Å²) in [5.41, 5.74) is -2.19. The Labute approximate surface area is 206 Å². The van der Waals surface area contributed by atoms with Crippen molar-refractivity contribution in [3.8, 4) is 0 Å². The maximum Gasteiger partial charge on any atom is 0.340 e. The molecule has 34 heavy (non-hydrogen) atoms. The number of carbonyl (C=O) groups is 4. The number of benzene rings is 2. The molecule has 0 heterocycles. The zero-order valence-electron chi connectivity index (χ0n) is 19.3. The van der Waals surface area contributed by atoms with Gasteiger partial charge in [0, 0.05) is 21.4 Å². The van der Waals surface area contributed by atoms with Crippen LogP contribution >= 0.6 is 21.8 Å².